The van der Waals surface area contributed by atoms with Crippen LogP contribution in [0.2, 0.25) is 5.02 Å². The molecule has 0 saturated carbocycles. The Balaban J connectivity index is 1.41. The Morgan fingerprint density at radius 2 is 2.05 bits per heavy atom. The van der Waals surface area contributed by atoms with Gasteiger partial charge in [0.25, 0.3) is 0 Å². The van der Waals surface area contributed by atoms with Crippen molar-refractivity contribution < 1.29 is 36.1 Å². The van der Waals surface area contributed by atoms with Crippen molar-refractivity contribution in [3.63, 3.8) is 0 Å². The summed E-state index contributed by atoms with van der Waals surface area (Å²) in [6.45, 7) is 1.04. The number of likely N-dealkylation sites (tertiary alicyclic amines) is 1. The van der Waals surface area contributed by atoms with Gasteiger partial charge in [0.2, 0.25) is 5.91 Å². The summed E-state index contributed by atoms with van der Waals surface area (Å²) in [5.74, 6) is -2.14. The van der Waals surface area contributed by atoms with E-state index >= 15 is 0 Å². The number of halogens is 5. The molecule has 1 aliphatic heterocycles. The SMILES string of the molecule is Cc1cc(C(F)(F)F)nn1CC(=O)N1CCC(c2nc(C(=O)OCc3c(F)cccc3Cl)cs2)C(S(C)=O)C1. The lowest BCUT2D eigenvalue weighted by molar-refractivity contribution is -0.142. The Labute approximate surface area is 232 Å². The molecule has 2 aromatic heterocycles. The van der Waals surface area contributed by atoms with Crippen molar-refractivity contribution in [2.45, 2.75) is 43.8 Å². The molecule has 1 aromatic carbocycles. The third kappa shape index (κ3) is 6.67. The molecule has 1 fully saturated rings. The molecule has 3 unspecified atom stereocenters. The first-order valence-corrected chi connectivity index (χ1v) is 14.5. The minimum absolute atomic E-state index is 0.0104. The molecular weight excluding hydrogens is 584 g/mol. The van der Waals surface area contributed by atoms with Gasteiger partial charge in [-0.1, -0.05) is 17.7 Å². The first-order valence-electron chi connectivity index (χ1n) is 11.6. The summed E-state index contributed by atoms with van der Waals surface area (Å²) in [4.78, 5) is 31.2. The van der Waals surface area contributed by atoms with Crippen LogP contribution in [0.4, 0.5) is 17.6 Å². The van der Waals surface area contributed by atoms with Gasteiger partial charge in [0.05, 0.1) is 15.3 Å². The van der Waals surface area contributed by atoms with E-state index in [0.717, 1.165) is 10.7 Å². The zero-order valence-electron chi connectivity index (χ0n) is 20.7. The summed E-state index contributed by atoms with van der Waals surface area (Å²) >= 11 is 7.15. The molecular formula is C24H23ClF4N4O4S2. The second-order valence-electron chi connectivity index (χ2n) is 8.95. The normalized spacial score (nSPS) is 18.7. The van der Waals surface area contributed by atoms with Crippen LogP contribution < -0.4 is 0 Å². The molecule has 210 valence electrons. The zero-order chi connectivity index (χ0) is 28.5. The van der Waals surface area contributed by atoms with Crippen LogP contribution >= 0.6 is 22.9 Å². The van der Waals surface area contributed by atoms with Crippen molar-refractivity contribution in [1.82, 2.24) is 19.7 Å². The van der Waals surface area contributed by atoms with E-state index in [4.69, 9.17) is 16.3 Å². The Morgan fingerprint density at radius 1 is 1.31 bits per heavy atom. The van der Waals surface area contributed by atoms with Crippen LogP contribution in [-0.2, 0) is 39.7 Å². The Morgan fingerprint density at radius 3 is 2.69 bits per heavy atom. The van der Waals surface area contributed by atoms with Crippen molar-refractivity contribution in [1.29, 1.82) is 0 Å². The molecule has 1 aliphatic rings. The van der Waals surface area contributed by atoms with Crippen LogP contribution in [-0.4, -0.2) is 60.3 Å². The second kappa shape index (κ2) is 11.7. The van der Waals surface area contributed by atoms with Crippen molar-refractivity contribution in [3.8, 4) is 0 Å². The van der Waals surface area contributed by atoms with E-state index in [0.29, 0.717) is 11.4 Å². The van der Waals surface area contributed by atoms with Crippen LogP contribution in [0.15, 0.2) is 29.6 Å². The Kier molecular flexibility index (Phi) is 8.76. The van der Waals surface area contributed by atoms with Gasteiger partial charge < -0.3 is 9.64 Å². The maximum atomic E-state index is 14.0. The third-order valence-corrected chi connectivity index (χ3v) is 9.01. The van der Waals surface area contributed by atoms with Gasteiger partial charge in [-0.3, -0.25) is 13.7 Å². The molecule has 15 heteroatoms. The monoisotopic (exact) mass is 606 g/mol. The number of esters is 1. The number of hydrogen-bond acceptors (Lipinski definition) is 7. The smallest absolute Gasteiger partial charge is 0.435 e. The first-order chi connectivity index (χ1) is 18.3. The molecule has 3 atom stereocenters. The number of hydrogen-bond donors (Lipinski definition) is 0. The molecule has 39 heavy (non-hydrogen) atoms. The van der Waals surface area contributed by atoms with Gasteiger partial charge in [0.1, 0.15) is 19.0 Å². The third-order valence-electron chi connectivity index (χ3n) is 6.35. The summed E-state index contributed by atoms with van der Waals surface area (Å²) in [6, 6.07) is 4.99. The van der Waals surface area contributed by atoms with Crippen LogP contribution in [0.1, 0.15) is 44.8 Å². The summed E-state index contributed by atoms with van der Waals surface area (Å²) in [7, 11) is -1.38. The molecule has 0 spiro atoms. The van der Waals surface area contributed by atoms with Gasteiger partial charge >= 0.3 is 12.1 Å². The molecule has 0 radical (unpaired) electrons. The summed E-state index contributed by atoms with van der Waals surface area (Å²) in [5.41, 5.74) is -0.826. The fourth-order valence-corrected chi connectivity index (χ4v) is 6.64. The van der Waals surface area contributed by atoms with Crippen LogP contribution in [0.3, 0.4) is 0 Å². The minimum atomic E-state index is -4.62. The number of ether oxygens (including phenoxy) is 1. The van der Waals surface area contributed by atoms with Crippen LogP contribution in [0, 0.1) is 12.7 Å². The largest absolute Gasteiger partial charge is 0.456 e. The quantitative estimate of drug-likeness (QED) is 0.289. The van der Waals surface area contributed by atoms with E-state index in [1.165, 1.54) is 53.0 Å². The number of alkyl halides is 3. The number of aryl methyl sites for hydroxylation is 1. The molecule has 8 nitrogen and oxygen atoms in total. The van der Waals surface area contributed by atoms with E-state index in [-0.39, 0.29) is 54.1 Å². The number of carbonyl (C=O) groups excluding carboxylic acids is 2. The van der Waals surface area contributed by atoms with Crippen molar-refractivity contribution in [2.75, 3.05) is 19.3 Å². The number of amides is 1. The molecule has 3 aromatic rings. The van der Waals surface area contributed by atoms with Gasteiger partial charge in [-0.25, -0.2) is 14.2 Å². The van der Waals surface area contributed by atoms with E-state index in [1.54, 1.807) is 0 Å². The number of rotatable bonds is 7. The highest BCUT2D eigenvalue weighted by atomic mass is 35.5. The number of piperidine rings is 1. The lowest BCUT2D eigenvalue weighted by Crippen LogP contribution is -2.48. The molecule has 0 aliphatic carbocycles. The summed E-state index contributed by atoms with van der Waals surface area (Å²) in [6.07, 6.45) is -2.74. The standard InChI is InChI=1S/C24H23ClF4N4O4S2/c1-13-8-20(24(27,28)29)31-33(13)10-21(34)32-7-6-14(19(9-32)39(2)36)22-30-18(12-38-22)23(35)37-11-15-16(25)4-3-5-17(15)26/h3-5,8,12,14,19H,6-7,9-11H2,1-2H3. The van der Waals surface area contributed by atoms with Crippen LogP contribution in [0.5, 0.6) is 0 Å². The van der Waals surface area contributed by atoms with E-state index in [2.05, 4.69) is 10.1 Å². The number of thiazole rings is 1. The average molecular weight is 607 g/mol. The second-order valence-corrected chi connectivity index (χ2v) is 11.8. The fourth-order valence-electron chi connectivity index (χ4n) is 4.23. The molecule has 3 heterocycles. The number of benzene rings is 1. The average Bonchev–Trinajstić information content (AvgIpc) is 3.50. The van der Waals surface area contributed by atoms with Gasteiger partial charge in [-0.2, -0.15) is 18.3 Å². The first kappa shape index (κ1) is 29.2. The Bertz CT molecular complexity index is 1390. The van der Waals surface area contributed by atoms with Crippen molar-refractivity contribution in [3.05, 3.63) is 68.1 Å². The number of aromatic nitrogens is 3. The highest BCUT2D eigenvalue weighted by Crippen LogP contribution is 2.34. The molecule has 0 N–H and O–H groups in total. The predicted octanol–water partition coefficient (Wildman–Crippen LogP) is 4.58. The van der Waals surface area contributed by atoms with Gasteiger partial charge in [0.15, 0.2) is 11.4 Å². The molecule has 0 bridgehead atoms. The number of carbonyl (C=O) groups is 2. The van der Waals surface area contributed by atoms with Crippen LogP contribution in [0.25, 0.3) is 0 Å². The fraction of sp³-hybridized carbons (Fsp3) is 0.417. The van der Waals surface area contributed by atoms with Gasteiger partial charge in [-0.05, 0) is 31.5 Å². The van der Waals surface area contributed by atoms with Gasteiger partial charge in [0, 0.05) is 52.7 Å². The molecule has 1 saturated heterocycles. The highest BCUT2D eigenvalue weighted by molar-refractivity contribution is 7.85. The van der Waals surface area contributed by atoms with Crippen molar-refractivity contribution >= 4 is 45.6 Å². The zero-order valence-corrected chi connectivity index (χ0v) is 23.1. The lowest BCUT2D eigenvalue weighted by atomic mass is 9.96. The van der Waals surface area contributed by atoms with E-state index in [9.17, 15) is 31.4 Å². The Hall–Kier alpha value is -2.84. The molecule has 1 amide bonds. The van der Waals surface area contributed by atoms with Gasteiger partial charge in [-0.15, -0.1) is 11.3 Å². The maximum Gasteiger partial charge on any atom is 0.435 e. The topological polar surface area (TPSA) is 94.4 Å². The van der Waals surface area contributed by atoms with Crippen molar-refractivity contribution in [2.24, 2.45) is 0 Å². The molecule has 4 rings (SSSR count). The maximum absolute atomic E-state index is 14.0. The van der Waals surface area contributed by atoms with E-state index < -0.39 is 45.6 Å². The highest BCUT2D eigenvalue weighted by Gasteiger charge is 2.38. The predicted molar refractivity (Wildman–Crippen MR) is 136 cm³/mol. The summed E-state index contributed by atoms with van der Waals surface area (Å²) in [5, 5.41) is 5.14. The number of nitrogens with zero attached hydrogens (tertiary/aromatic N) is 4. The minimum Gasteiger partial charge on any atom is -0.456 e. The summed E-state index contributed by atoms with van der Waals surface area (Å²) < 4.78 is 71.6. The lowest BCUT2D eigenvalue weighted by Gasteiger charge is -2.36. The van der Waals surface area contributed by atoms with E-state index in [1.807, 2.05) is 0 Å².